The number of carbonyl (C=O) groups is 1. The van der Waals surface area contributed by atoms with Gasteiger partial charge < -0.3 is 10.4 Å². The standard InChI is InChI=1S/C15H14N2O2S2/c1-9-4-5-20-14(9)12(18)7-16-15(19)10-2-3-11-13(6-10)21-8-17-11/h2-6,8,12,18H,7H2,1H3,(H,16,19)/t12-/m1/s1. The first-order valence-electron chi connectivity index (χ1n) is 6.48. The van der Waals surface area contributed by atoms with Crippen LogP contribution >= 0.6 is 22.7 Å². The van der Waals surface area contributed by atoms with Crippen LogP contribution in [0.3, 0.4) is 0 Å². The zero-order valence-electron chi connectivity index (χ0n) is 11.4. The smallest absolute Gasteiger partial charge is 0.251 e. The molecule has 21 heavy (non-hydrogen) atoms. The molecule has 1 aromatic carbocycles. The lowest BCUT2D eigenvalue weighted by atomic mass is 10.2. The van der Waals surface area contributed by atoms with Gasteiger partial charge in [0.2, 0.25) is 0 Å². The SMILES string of the molecule is Cc1ccsc1[C@H](O)CNC(=O)c1ccc2ncsc2c1. The summed E-state index contributed by atoms with van der Waals surface area (Å²) in [6.45, 7) is 2.16. The number of aryl methyl sites for hydroxylation is 1. The maximum atomic E-state index is 12.1. The highest BCUT2D eigenvalue weighted by Crippen LogP contribution is 2.23. The monoisotopic (exact) mass is 318 g/mol. The van der Waals surface area contributed by atoms with Crippen LogP contribution in [0.2, 0.25) is 0 Å². The highest BCUT2D eigenvalue weighted by Gasteiger charge is 2.14. The van der Waals surface area contributed by atoms with Crippen LogP contribution in [0, 0.1) is 6.92 Å². The van der Waals surface area contributed by atoms with Gasteiger partial charge in [-0.15, -0.1) is 22.7 Å². The van der Waals surface area contributed by atoms with Gasteiger partial charge in [-0.1, -0.05) is 0 Å². The number of fused-ring (bicyclic) bond motifs is 1. The van der Waals surface area contributed by atoms with Gasteiger partial charge in [-0.05, 0) is 42.1 Å². The van der Waals surface area contributed by atoms with Crippen molar-refractivity contribution in [3.8, 4) is 0 Å². The van der Waals surface area contributed by atoms with E-state index in [1.165, 1.54) is 22.7 Å². The van der Waals surface area contributed by atoms with Crippen LogP contribution in [0.4, 0.5) is 0 Å². The van der Waals surface area contributed by atoms with Gasteiger partial charge in [-0.3, -0.25) is 4.79 Å². The lowest BCUT2D eigenvalue weighted by Gasteiger charge is -2.11. The first-order chi connectivity index (χ1) is 10.1. The molecule has 2 aromatic heterocycles. The molecule has 0 saturated carbocycles. The Morgan fingerprint density at radius 3 is 3.00 bits per heavy atom. The third-order valence-electron chi connectivity index (χ3n) is 3.25. The Hall–Kier alpha value is -1.76. The number of aromatic nitrogens is 1. The second kappa shape index (κ2) is 5.93. The fourth-order valence-electron chi connectivity index (χ4n) is 2.11. The average Bonchev–Trinajstić information content (AvgIpc) is 3.11. The van der Waals surface area contributed by atoms with Gasteiger partial charge in [0, 0.05) is 17.0 Å². The molecule has 0 spiro atoms. The van der Waals surface area contributed by atoms with Crippen LogP contribution in [0.25, 0.3) is 10.2 Å². The number of rotatable bonds is 4. The lowest BCUT2D eigenvalue weighted by molar-refractivity contribution is 0.0918. The first-order valence-corrected chi connectivity index (χ1v) is 8.24. The minimum atomic E-state index is -0.666. The summed E-state index contributed by atoms with van der Waals surface area (Å²) in [4.78, 5) is 17.2. The number of aliphatic hydroxyl groups is 1. The van der Waals surface area contributed by atoms with E-state index in [0.717, 1.165) is 20.7 Å². The van der Waals surface area contributed by atoms with Crippen LogP contribution in [-0.4, -0.2) is 22.5 Å². The van der Waals surface area contributed by atoms with E-state index in [-0.39, 0.29) is 12.5 Å². The Morgan fingerprint density at radius 1 is 1.38 bits per heavy atom. The molecule has 0 radical (unpaired) electrons. The number of aliphatic hydroxyl groups excluding tert-OH is 1. The molecule has 1 atom stereocenters. The molecule has 6 heteroatoms. The summed E-state index contributed by atoms with van der Waals surface area (Å²) in [5.74, 6) is -0.182. The number of amides is 1. The summed E-state index contributed by atoms with van der Waals surface area (Å²) in [6.07, 6.45) is -0.666. The zero-order chi connectivity index (χ0) is 14.8. The highest BCUT2D eigenvalue weighted by molar-refractivity contribution is 7.16. The Morgan fingerprint density at radius 2 is 2.24 bits per heavy atom. The van der Waals surface area contributed by atoms with Crippen molar-refractivity contribution in [2.24, 2.45) is 0 Å². The summed E-state index contributed by atoms with van der Waals surface area (Å²) < 4.78 is 0.984. The number of benzene rings is 1. The first kappa shape index (κ1) is 14.2. The minimum absolute atomic E-state index is 0.182. The topological polar surface area (TPSA) is 62.2 Å². The molecule has 4 nitrogen and oxygen atoms in total. The minimum Gasteiger partial charge on any atom is -0.386 e. The van der Waals surface area contributed by atoms with Gasteiger partial charge in [-0.2, -0.15) is 0 Å². The third kappa shape index (κ3) is 2.97. The van der Waals surface area contributed by atoms with Gasteiger partial charge in [0.1, 0.15) is 6.10 Å². The molecule has 2 heterocycles. The molecule has 0 unspecified atom stereocenters. The molecular formula is C15H14N2O2S2. The summed E-state index contributed by atoms with van der Waals surface area (Å²) in [5, 5.41) is 14.8. The maximum Gasteiger partial charge on any atom is 0.251 e. The molecule has 0 fully saturated rings. The van der Waals surface area contributed by atoms with E-state index < -0.39 is 6.10 Å². The van der Waals surface area contributed by atoms with E-state index in [4.69, 9.17) is 0 Å². The second-order valence-electron chi connectivity index (χ2n) is 4.73. The van der Waals surface area contributed by atoms with Gasteiger partial charge >= 0.3 is 0 Å². The number of hydrogen-bond donors (Lipinski definition) is 2. The highest BCUT2D eigenvalue weighted by atomic mass is 32.1. The Labute approximate surface area is 130 Å². The number of thiazole rings is 1. The van der Waals surface area contributed by atoms with E-state index in [9.17, 15) is 9.90 Å². The quantitative estimate of drug-likeness (QED) is 0.777. The van der Waals surface area contributed by atoms with Crippen molar-refractivity contribution >= 4 is 38.8 Å². The molecule has 108 valence electrons. The van der Waals surface area contributed by atoms with Gasteiger partial charge in [0.15, 0.2) is 0 Å². The summed E-state index contributed by atoms with van der Waals surface area (Å²) in [6, 6.07) is 7.37. The molecule has 3 rings (SSSR count). The van der Waals surface area contributed by atoms with Crippen molar-refractivity contribution in [3.63, 3.8) is 0 Å². The van der Waals surface area contributed by atoms with Gasteiger partial charge in [-0.25, -0.2) is 4.98 Å². The molecule has 3 aromatic rings. The molecular weight excluding hydrogens is 304 g/mol. The number of thiophene rings is 1. The lowest BCUT2D eigenvalue weighted by Crippen LogP contribution is -2.28. The molecule has 0 saturated heterocycles. The fourth-order valence-corrected chi connectivity index (χ4v) is 3.74. The number of hydrogen-bond acceptors (Lipinski definition) is 5. The van der Waals surface area contributed by atoms with Crippen molar-refractivity contribution < 1.29 is 9.90 Å². The Balaban J connectivity index is 1.67. The van der Waals surface area contributed by atoms with Crippen molar-refractivity contribution in [2.45, 2.75) is 13.0 Å². The van der Waals surface area contributed by atoms with Crippen LogP contribution in [0.5, 0.6) is 0 Å². The molecule has 0 aliphatic heterocycles. The number of nitrogens with zero attached hydrogens (tertiary/aromatic N) is 1. The van der Waals surface area contributed by atoms with E-state index in [1.807, 2.05) is 30.5 Å². The van der Waals surface area contributed by atoms with E-state index in [0.29, 0.717) is 5.56 Å². The molecule has 0 bridgehead atoms. The van der Waals surface area contributed by atoms with Crippen molar-refractivity contribution in [2.75, 3.05) is 6.54 Å². The predicted octanol–water partition coefficient (Wildman–Crippen LogP) is 3.13. The second-order valence-corrected chi connectivity index (χ2v) is 6.56. The molecule has 0 aliphatic carbocycles. The Bertz CT molecular complexity index is 779. The summed E-state index contributed by atoms with van der Waals surface area (Å²) >= 11 is 3.00. The van der Waals surface area contributed by atoms with Crippen molar-refractivity contribution in [3.05, 3.63) is 51.2 Å². The van der Waals surface area contributed by atoms with Crippen molar-refractivity contribution in [1.82, 2.24) is 10.3 Å². The van der Waals surface area contributed by atoms with E-state index >= 15 is 0 Å². The fraction of sp³-hybridized carbons (Fsp3) is 0.200. The molecule has 1 amide bonds. The van der Waals surface area contributed by atoms with E-state index in [1.54, 1.807) is 11.6 Å². The Kier molecular flexibility index (Phi) is 4.01. The third-order valence-corrected chi connectivity index (χ3v) is 5.17. The molecule has 2 N–H and O–H groups in total. The summed E-state index contributed by atoms with van der Waals surface area (Å²) in [7, 11) is 0. The van der Waals surface area contributed by atoms with Crippen LogP contribution in [0.1, 0.15) is 26.9 Å². The normalized spacial score (nSPS) is 12.5. The van der Waals surface area contributed by atoms with Gasteiger partial charge in [0.05, 0.1) is 15.7 Å². The van der Waals surface area contributed by atoms with Crippen LogP contribution in [-0.2, 0) is 0 Å². The zero-order valence-corrected chi connectivity index (χ0v) is 13.0. The summed E-state index contributed by atoms with van der Waals surface area (Å²) in [5.41, 5.74) is 4.29. The predicted molar refractivity (Wildman–Crippen MR) is 86.0 cm³/mol. The largest absolute Gasteiger partial charge is 0.386 e. The van der Waals surface area contributed by atoms with E-state index in [2.05, 4.69) is 10.3 Å². The van der Waals surface area contributed by atoms with Crippen LogP contribution < -0.4 is 5.32 Å². The maximum absolute atomic E-state index is 12.1. The van der Waals surface area contributed by atoms with Crippen molar-refractivity contribution in [1.29, 1.82) is 0 Å². The number of carbonyl (C=O) groups excluding carboxylic acids is 1. The average molecular weight is 318 g/mol. The van der Waals surface area contributed by atoms with Gasteiger partial charge in [0.25, 0.3) is 5.91 Å². The number of nitrogens with one attached hydrogen (secondary N) is 1. The molecule has 0 aliphatic rings. The van der Waals surface area contributed by atoms with Crippen LogP contribution in [0.15, 0.2) is 35.2 Å².